The number of hydrogen-bond acceptors (Lipinski definition) is 5. The van der Waals surface area contributed by atoms with Crippen LogP contribution in [0.25, 0.3) is 21.3 Å². The van der Waals surface area contributed by atoms with Gasteiger partial charge in [0.2, 0.25) is 5.91 Å². The van der Waals surface area contributed by atoms with Gasteiger partial charge in [-0.2, -0.15) is 13.2 Å². The van der Waals surface area contributed by atoms with Crippen LogP contribution in [-0.2, 0) is 17.5 Å². The van der Waals surface area contributed by atoms with E-state index < -0.39 is 22.3 Å². The summed E-state index contributed by atoms with van der Waals surface area (Å²) in [4.78, 5) is 27.2. The van der Waals surface area contributed by atoms with E-state index in [-0.39, 0.29) is 23.4 Å². The van der Waals surface area contributed by atoms with Gasteiger partial charge in [0.25, 0.3) is 5.56 Å². The van der Waals surface area contributed by atoms with Crippen molar-refractivity contribution in [2.75, 3.05) is 13.1 Å². The fourth-order valence-corrected chi connectivity index (χ4v) is 4.42. The van der Waals surface area contributed by atoms with Gasteiger partial charge in [0, 0.05) is 24.0 Å². The number of likely N-dealkylation sites (tertiary alicyclic amines) is 1. The monoisotopic (exact) mass is 442 g/mol. The van der Waals surface area contributed by atoms with Crippen LogP contribution in [0.1, 0.15) is 18.4 Å². The highest BCUT2D eigenvalue weighted by Crippen LogP contribution is 2.39. The molecular formula is C18H14ClF3N4O2S. The van der Waals surface area contributed by atoms with Gasteiger partial charge in [-0.1, -0.05) is 22.9 Å². The molecule has 1 fully saturated rings. The maximum absolute atomic E-state index is 13.2. The minimum absolute atomic E-state index is 0.134. The van der Waals surface area contributed by atoms with Crippen LogP contribution in [0.15, 0.2) is 28.4 Å². The van der Waals surface area contributed by atoms with Crippen molar-refractivity contribution < 1.29 is 18.0 Å². The number of thiophene rings is 1. The summed E-state index contributed by atoms with van der Waals surface area (Å²) in [5, 5.41) is 9.04. The molecule has 3 heterocycles. The maximum atomic E-state index is 13.2. The lowest BCUT2D eigenvalue weighted by molar-refractivity contribution is -0.137. The molecule has 1 aromatic carbocycles. The van der Waals surface area contributed by atoms with Gasteiger partial charge in [-0.05, 0) is 30.5 Å². The summed E-state index contributed by atoms with van der Waals surface area (Å²) < 4.78 is 40.6. The van der Waals surface area contributed by atoms with Gasteiger partial charge in [0.05, 0.1) is 16.0 Å². The number of nitrogens with zero attached hydrogens (tertiary/aromatic N) is 4. The summed E-state index contributed by atoms with van der Waals surface area (Å²) in [6, 6.07) is 3.47. The van der Waals surface area contributed by atoms with Crippen molar-refractivity contribution in [3.8, 4) is 11.1 Å². The molecule has 0 N–H and O–H groups in total. The summed E-state index contributed by atoms with van der Waals surface area (Å²) in [6.45, 7) is 1.02. The molecule has 0 bridgehead atoms. The summed E-state index contributed by atoms with van der Waals surface area (Å²) in [5.74, 6) is -0.235. The van der Waals surface area contributed by atoms with Gasteiger partial charge in [-0.15, -0.1) is 16.4 Å². The van der Waals surface area contributed by atoms with E-state index in [1.807, 2.05) is 0 Å². The topological polar surface area (TPSA) is 68.1 Å². The zero-order valence-corrected chi connectivity index (χ0v) is 16.4. The van der Waals surface area contributed by atoms with Crippen molar-refractivity contribution >= 4 is 39.1 Å². The Hall–Kier alpha value is -2.46. The third kappa shape index (κ3) is 3.74. The highest BCUT2D eigenvalue weighted by Gasteiger charge is 2.33. The Labute approximate surface area is 171 Å². The van der Waals surface area contributed by atoms with Crippen LogP contribution < -0.4 is 5.56 Å². The fraction of sp³-hybridized carbons (Fsp3) is 0.333. The first-order chi connectivity index (χ1) is 13.8. The molecule has 0 atom stereocenters. The lowest BCUT2D eigenvalue weighted by Crippen LogP contribution is -2.36. The number of hydrogen-bond donors (Lipinski definition) is 0. The average Bonchev–Trinajstić information content (AvgIpc) is 3.33. The van der Waals surface area contributed by atoms with Gasteiger partial charge >= 0.3 is 6.18 Å². The first-order valence-corrected chi connectivity index (χ1v) is 10.0. The van der Waals surface area contributed by atoms with E-state index in [0.29, 0.717) is 23.5 Å². The van der Waals surface area contributed by atoms with Crippen LogP contribution in [-0.4, -0.2) is 38.9 Å². The fourth-order valence-electron chi connectivity index (χ4n) is 3.31. The number of aromatic nitrogens is 3. The summed E-state index contributed by atoms with van der Waals surface area (Å²) in [5.41, 5.74) is -1.06. The van der Waals surface area contributed by atoms with E-state index in [4.69, 9.17) is 11.6 Å². The van der Waals surface area contributed by atoms with E-state index in [1.54, 1.807) is 10.3 Å². The van der Waals surface area contributed by atoms with Crippen LogP contribution in [0.5, 0.6) is 0 Å². The van der Waals surface area contributed by atoms with Crippen LogP contribution in [0.2, 0.25) is 5.02 Å². The van der Waals surface area contributed by atoms with E-state index in [9.17, 15) is 22.8 Å². The Morgan fingerprint density at radius 3 is 2.66 bits per heavy atom. The van der Waals surface area contributed by atoms with Gasteiger partial charge in [-0.25, -0.2) is 4.68 Å². The molecule has 6 nitrogen and oxygen atoms in total. The highest BCUT2D eigenvalue weighted by molar-refractivity contribution is 7.17. The van der Waals surface area contributed by atoms with E-state index in [1.165, 1.54) is 6.07 Å². The maximum Gasteiger partial charge on any atom is 0.417 e. The van der Waals surface area contributed by atoms with Crippen molar-refractivity contribution in [3.05, 3.63) is 44.5 Å². The number of carbonyl (C=O) groups is 1. The molecule has 3 aromatic rings. The van der Waals surface area contributed by atoms with Crippen LogP contribution in [0.3, 0.4) is 0 Å². The second-order valence-electron chi connectivity index (χ2n) is 6.66. The van der Waals surface area contributed by atoms with Crippen LogP contribution in [0.4, 0.5) is 13.2 Å². The molecule has 152 valence electrons. The highest BCUT2D eigenvalue weighted by atomic mass is 35.5. The smallest absolute Gasteiger partial charge is 0.341 e. The number of fused-ring (bicyclic) bond motifs is 1. The van der Waals surface area contributed by atoms with Crippen molar-refractivity contribution in [2.24, 2.45) is 0 Å². The van der Waals surface area contributed by atoms with E-state index in [2.05, 4.69) is 10.3 Å². The normalized spacial score (nSPS) is 14.7. The third-order valence-corrected chi connectivity index (χ3v) is 5.98. The van der Waals surface area contributed by atoms with Gasteiger partial charge in [0.1, 0.15) is 6.54 Å². The number of halogens is 4. The number of benzene rings is 1. The standard InChI is InChI=1S/C18H14ClF3N4O2S/c19-13-4-3-10(7-12(13)18(20,21)22)11-9-29-16-15(11)17(28)26(24-23-16)8-14(27)25-5-1-2-6-25/h3-4,7,9H,1-2,5-6,8H2. The number of rotatable bonds is 3. The predicted molar refractivity (Wildman–Crippen MR) is 103 cm³/mol. The zero-order valence-electron chi connectivity index (χ0n) is 14.9. The molecule has 0 saturated carbocycles. The largest absolute Gasteiger partial charge is 0.417 e. The molecule has 1 amide bonds. The first kappa shape index (κ1) is 19.8. The number of alkyl halides is 3. The zero-order chi connectivity index (χ0) is 20.8. The second-order valence-corrected chi connectivity index (χ2v) is 7.93. The Bertz CT molecular complexity index is 1150. The molecule has 11 heteroatoms. The molecule has 0 aliphatic carbocycles. The second kappa shape index (κ2) is 7.42. The Kier molecular flexibility index (Phi) is 5.07. The van der Waals surface area contributed by atoms with Crippen molar-refractivity contribution in [1.29, 1.82) is 0 Å². The summed E-state index contributed by atoms with van der Waals surface area (Å²) in [7, 11) is 0. The summed E-state index contributed by atoms with van der Waals surface area (Å²) in [6.07, 6.45) is -2.79. The molecule has 4 rings (SSSR count). The Balaban J connectivity index is 1.77. The van der Waals surface area contributed by atoms with Gasteiger partial charge in [0.15, 0.2) is 4.83 Å². The molecule has 0 radical (unpaired) electrons. The average molecular weight is 443 g/mol. The minimum Gasteiger partial charge on any atom is -0.341 e. The van der Waals surface area contributed by atoms with E-state index >= 15 is 0 Å². The van der Waals surface area contributed by atoms with Crippen LogP contribution in [0, 0.1) is 0 Å². The van der Waals surface area contributed by atoms with Crippen molar-refractivity contribution in [2.45, 2.75) is 25.6 Å². The lowest BCUT2D eigenvalue weighted by Gasteiger charge is -2.15. The molecule has 0 unspecified atom stereocenters. The minimum atomic E-state index is -4.62. The number of amides is 1. The molecule has 1 saturated heterocycles. The van der Waals surface area contributed by atoms with E-state index in [0.717, 1.165) is 41.0 Å². The van der Waals surface area contributed by atoms with Crippen molar-refractivity contribution in [3.63, 3.8) is 0 Å². The molecule has 2 aromatic heterocycles. The SMILES string of the molecule is O=C(Cn1nnc2scc(-c3ccc(Cl)c(C(F)(F)F)c3)c2c1=O)N1CCCC1. The van der Waals surface area contributed by atoms with Gasteiger partial charge < -0.3 is 4.90 Å². The summed E-state index contributed by atoms with van der Waals surface area (Å²) >= 11 is 6.79. The predicted octanol–water partition coefficient (Wildman–Crippen LogP) is 3.81. The molecule has 1 aliphatic rings. The third-order valence-electron chi connectivity index (χ3n) is 4.79. The quantitative estimate of drug-likeness (QED) is 0.618. The molecule has 29 heavy (non-hydrogen) atoms. The first-order valence-electron chi connectivity index (χ1n) is 8.75. The van der Waals surface area contributed by atoms with Crippen LogP contribution >= 0.6 is 22.9 Å². The molecular weight excluding hydrogens is 429 g/mol. The van der Waals surface area contributed by atoms with Crippen molar-refractivity contribution in [1.82, 2.24) is 19.9 Å². The number of carbonyl (C=O) groups excluding carboxylic acids is 1. The molecule has 1 aliphatic heterocycles. The van der Waals surface area contributed by atoms with Gasteiger partial charge in [-0.3, -0.25) is 9.59 Å². The Morgan fingerprint density at radius 2 is 1.97 bits per heavy atom. The Morgan fingerprint density at radius 1 is 1.24 bits per heavy atom. The lowest BCUT2D eigenvalue weighted by atomic mass is 10.0. The molecule has 0 spiro atoms.